The van der Waals surface area contributed by atoms with Gasteiger partial charge in [0.25, 0.3) is 5.69 Å². The van der Waals surface area contributed by atoms with E-state index in [9.17, 15) is 19.7 Å². The van der Waals surface area contributed by atoms with Gasteiger partial charge in [-0.05, 0) is 6.07 Å². The van der Waals surface area contributed by atoms with Gasteiger partial charge in [0.1, 0.15) is 6.54 Å². The molecule has 1 heterocycles. The maximum absolute atomic E-state index is 12.1. The highest BCUT2D eigenvalue weighted by Gasteiger charge is 2.25. The monoisotopic (exact) mass is 311 g/mol. The van der Waals surface area contributed by atoms with Crippen molar-refractivity contribution in [1.29, 1.82) is 0 Å². The quantitative estimate of drug-likeness (QED) is 0.668. The van der Waals surface area contributed by atoms with Crippen LogP contribution in [0.15, 0.2) is 23.1 Å². The highest BCUT2D eigenvalue weighted by atomic mass is 32.2. The summed E-state index contributed by atoms with van der Waals surface area (Å²) >= 11 is 1.53. The summed E-state index contributed by atoms with van der Waals surface area (Å²) in [5.41, 5.74) is 0.423. The molecule has 21 heavy (non-hydrogen) atoms. The molecule has 0 unspecified atom stereocenters. The lowest BCUT2D eigenvalue weighted by atomic mass is 10.2. The van der Waals surface area contributed by atoms with Crippen LogP contribution in [-0.4, -0.2) is 42.9 Å². The summed E-state index contributed by atoms with van der Waals surface area (Å²) in [6.07, 6.45) is -0.700. The molecule has 0 spiro atoms. The van der Waals surface area contributed by atoms with Gasteiger partial charge in [0, 0.05) is 29.3 Å². The van der Waals surface area contributed by atoms with E-state index in [1.807, 2.05) is 0 Å². The molecule has 9 heteroatoms. The Labute approximate surface area is 124 Å². The van der Waals surface area contributed by atoms with Crippen molar-refractivity contribution in [3.8, 4) is 0 Å². The molecule has 112 valence electrons. The molecular formula is C12H13N3O5S. The lowest BCUT2D eigenvalue weighted by Crippen LogP contribution is -2.42. The van der Waals surface area contributed by atoms with E-state index >= 15 is 0 Å². The fourth-order valence-corrected chi connectivity index (χ4v) is 2.87. The second-order valence-corrected chi connectivity index (χ2v) is 5.28. The van der Waals surface area contributed by atoms with E-state index in [2.05, 4.69) is 10.1 Å². The molecule has 1 aliphatic rings. The van der Waals surface area contributed by atoms with Crippen LogP contribution >= 0.6 is 11.8 Å². The normalized spacial score (nSPS) is 13.3. The van der Waals surface area contributed by atoms with Crippen LogP contribution in [-0.2, 0) is 9.53 Å². The van der Waals surface area contributed by atoms with Gasteiger partial charge in [0.2, 0.25) is 5.91 Å². The van der Waals surface area contributed by atoms with E-state index in [1.165, 1.54) is 35.9 Å². The van der Waals surface area contributed by atoms with Crippen LogP contribution < -0.4 is 10.2 Å². The summed E-state index contributed by atoms with van der Waals surface area (Å²) in [5.74, 6) is 0.344. The SMILES string of the molecule is COC(=O)NCC(=O)N1CCSc2ccc([N+](=O)[O-])cc21. The second-order valence-electron chi connectivity index (χ2n) is 4.15. The highest BCUT2D eigenvalue weighted by molar-refractivity contribution is 7.99. The molecule has 0 bridgehead atoms. The number of thioether (sulfide) groups is 1. The highest BCUT2D eigenvalue weighted by Crippen LogP contribution is 2.37. The van der Waals surface area contributed by atoms with Gasteiger partial charge in [0.05, 0.1) is 17.7 Å². The third-order valence-corrected chi connectivity index (χ3v) is 3.93. The molecule has 2 rings (SSSR count). The van der Waals surface area contributed by atoms with E-state index in [0.29, 0.717) is 18.0 Å². The Balaban J connectivity index is 2.20. The number of carbonyl (C=O) groups excluding carboxylic acids is 2. The number of amides is 2. The Morgan fingerprint density at radius 3 is 2.95 bits per heavy atom. The number of ether oxygens (including phenoxy) is 1. The Morgan fingerprint density at radius 2 is 2.29 bits per heavy atom. The molecule has 1 N–H and O–H groups in total. The van der Waals surface area contributed by atoms with E-state index in [1.54, 1.807) is 6.07 Å². The number of alkyl carbamates (subject to hydrolysis) is 1. The van der Waals surface area contributed by atoms with Crippen LogP contribution in [0.3, 0.4) is 0 Å². The van der Waals surface area contributed by atoms with Gasteiger partial charge >= 0.3 is 6.09 Å². The molecule has 1 aromatic rings. The number of nitro groups is 1. The van der Waals surface area contributed by atoms with Crippen molar-refractivity contribution in [2.45, 2.75) is 4.90 Å². The first-order valence-corrected chi connectivity index (χ1v) is 7.05. The third-order valence-electron chi connectivity index (χ3n) is 2.89. The molecule has 0 atom stereocenters. The summed E-state index contributed by atoms with van der Waals surface area (Å²) in [6, 6.07) is 4.41. The summed E-state index contributed by atoms with van der Waals surface area (Å²) in [7, 11) is 1.20. The number of hydrogen-bond acceptors (Lipinski definition) is 6. The van der Waals surface area contributed by atoms with Gasteiger partial charge in [-0.1, -0.05) is 0 Å². The van der Waals surface area contributed by atoms with Crippen molar-refractivity contribution in [2.24, 2.45) is 0 Å². The summed E-state index contributed by atoms with van der Waals surface area (Å²) in [6.45, 7) is 0.208. The fourth-order valence-electron chi connectivity index (χ4n) is 1.89. The molecule has 0 fully saturated rings. The number of fused-ring (bicyclic) bond motifs is 1. The van der Waals surface area contributed by atoms with Crippen LogP contribution in [0, 0.1) is 10.1 Å². The fraction of sp³-hybridized carbons (Fsp3) is 0.333. The third kappa shape index (κ3) is 3.43. The van der Waals surface area contributed by atoms with Crippen molar-refractivity contribution in [2.75, 3.05) is 30.9 Å². The molecule has 1 aliphatic heterocycles. The number of carbonyl (C=O) groups is 2. The van der Waals surface area contributed by atoms with Crippen LogP contribution in [0.2, 0.25) is 0 Å². The zero-order valence-corrected chi connectivity index (χ0v) is 12.0. The number of non-ortho nitro benzene ring substituents is 1. The minimum Gasteiger partial charge on any atom is -0.453 e. The van der Waals surface area contributed by atoms with Gasteiger partial charge < -0.3 is 15.0 Å². The Morgan fingerprint density at radius 1 is 1.52 bits per heavy atom. The van der Waals surface area contributed by atoms with Crippen molar-refractivity contribution in [1.82, 2.24) is 5.32 Å². The molecule has 0 saturated carbocycles. The number of hydrogen-bond donors (Lipinski definition) is 1. The predicted octanol–water partition coefficient (Wildman–Crippen LogP) is 1.39. The number of anilines is 1. The molecule has 0 saturated heterocycles. The molecule has 2 amide bonds. The average molecular weight is 311 g/mol. The first-order chi connectivity index (χ1) is 10.0. The van der Waals surface area contributed by atoms with Gasteiger partial charge in [-0.2, -0.15) is 0 Å². The van der Waals surface area contributed by atoms with Crippen LogP contribution in [0.5, 0.6) is 0 Å². The molecule has 8 nitrogen and oxygen atoms in total. The Kier molecular flexibility index (Phi) is 4.63. The Hall–Kier alpha value is -2.29. The Bertz CT molecular complexity index is 592. The zero-order chi connectivity index (χ0) is 15.4. The largest absolute Gasteiger partial charge is 0.453 e. The van der Waals surface area contributed by atoms with Crippen molar-refractivity contribution >= 4 is 35.1 Å². The second kappa shape index (κ2) is 6.44. The maximum Gasteiger partial charge on any atom is 0.407 e. The van der Waals surface area contributed by atoms with Crippen LogP contribution in [0.1, 0.15) is 0 Å². The first-order valence-electron chi connectivity index (χ1n) is 6.06. The van der Waals surface area contributed by atoms with Gasteiger partial charge in [0.15, 0.2) is 0 Å². The standard InChI is InChI=1S/C12H13N3O5S/c1-20-12(17)13-7-11(16)14-4-5-21-10-3-2-8(15(18)19)6-9(10)14/h2-3,6H,4-5,7H2,1H3,(H,13,17). The molecule has 0 aliphatic carbocycles. The number of nitro benzene ring substituents is 1. The molecule has 1 aromatic carbocycles. The van der Waals surface area contributed by atoms with Crippen LogP contribution in [0.4, 0.5) is 16.2 Å². The summed E-state index contributed by atoms with van der Waals surface area (Å²) < 4.78 is 4.39. The van der Waals surface area contributed by atoms with E-state index in [4.69, 9.17) is 0 Å². The number of nitrogens with zero attached hydrogens (tertiary/aromatic N) is 2. The van der Waals surface area contributed by atoms with Crippen molar-refractivity contribution < 1.29 is 19.2 Å². The smallest absolute Gasteiger partial charge is 0.407 e. The summed E-state index contributed by atoms with van der Waals surface area (Å²) in [5, 5.41) is 13.1. The van der Waals surface area contributed by atoms with E-state index in [-0.39, 0.29) is 18.1 Å². The number of rotatable bonds is 3. The van der Waals surface area contributed by atoms with Crippen molar-refractivity contribution in [3.63, 3.8) is 0 Å². The average Bonchev–Trinajstić information content (AvgIpc) is 2.50. The first kappa shape index (κ1) is 15.1. The number of nitrogens with one attached hydrogen (secondary N) is 1. The lowest BCUT2D eigenvalue weighted by Gasteiger charge is -2.28. The van der Waals surface area contributed by atoms with Gasteiger partial charge in [-0.15, -0.1) is 11.8 Å². The number of benzene rings is 1. The topological polar surface area (TPSA) is 102 Å². The molecule has 0 radical (unpaired) electrons. The van der Waals surface area contributed by atoms with E-state index < -0.39 is 11.0 Å². The molecular weight excluding hydrogens is 298 g/mol. The maximum atomic E-state index is 12.1. The number of methoxy groups -OCH3 is 1. The van der Waals surface area contributed by atoms with Crippen molar-refractivity contribution in [3.05, 3.63) is 28.3 Å². The minimum absolute atomic E-state index is 0.0741. The molecule has 0 aromatic heterocycles. The van der Waals surface area contributed by atoms with Crippen LogP contribution in [0.25, 0.3) is 0 Å². The van der Waals surface area contributed by atoms with Gasteiger partial charge in [-0.25, -0.2) is 4.79 Å². The predicted molar refractivity (Wildman–Crippen MR) is 76.6 cm³/mol. The van der Waals surface area contributed by atoms with Gasteiger partial charge in [-0.3, -0.25) is 14.9 Å². The summed E-state index contributed by atoms with van der Waals surface area (Å²) in [4.78, 5) is 35.7. The zero-order valence-electron chi connectivity index (χ0n) is 11.2. The lowest BCUT2D eigenvalue weighted by molar-refractivity contribution is -0.384. The van der Waals surface area contributed by atoms with E-state index in [0.717, 1.165) is 4.90 Å². The minimum atomic E-state index is -0.700.